The molecule has 2 heterocycles. The van der Waals surface area contributed by atoms with Gasteiger partial charge in [-0.15, -0.1) is 0 Å². The monoisotopic (exact) mass is 298 g/mol. The van der Waals surface area contributed by atoms with Gasteiger partial charge in [-0.3, -0.25) is 14.3 Å². The molecule has 1 saturated heterocycles. The van der Waals surface area contributed by atoms with Crippen molar-refractivity contribution < 1.29 is 20.1 Å². The van der Waals surface area contributed by atoms with Crippen LogP contribution >= 0.6 is 0 Å². The van der Waals surface area contributed by atoms with Crippen molar-refractivity contribution in [3.05, 3.63) is 32.6 Å². The summed E-state index contributed by atoms with van der Waals surface area (Å²) in [5.74, 6) is 0. The smallest absolute Gasteiger partial charge is 0.330 e. The van der Waals surface area contributed by atoms with E-state index in [0.29, 0.717) is 19.3 Å². The second kappa shape index (κ2) is 4.77. The average molecular weight is 298 g/mol. The van der Waals surface area contributed by atoms with E-state index in [1.54, 1.807) is 0 Å². The lowest BCUT2D eigenvalue weighted by Gasteiger charge is -2.30. The number of aromatic nitrogens is 2. The normalized spacial score (nSPS) is 39.2. The van der Waals surface area contributed by atoms with Gasteiger partial charge in [0.25, 0.3) is 5.56 Å². The van der Waals surface area contributed by atoms with E-state index in [0.717, 1.165) is 4.57 Å². The van der Waals surface area contributed by atoms with Crippen LogP contribution in [0, 0.1) is 6.92 Å². The molecule has 2 fully saturated rings. The molecule has 0 radical (unpaired) electrons. The van der Waals surface area contributed by atoms with E-state index in [4.69, 9.17) is 4.74 Å². The molecule has 0 unspecified atom stereocenters. The van der Waals surface area contributed by atoms with Crippen molar-refractivity contribution in [1.29, 1.82) is 0 Å². The van der Waals surface area contributed by atoms with Crippen LogP contribution in [0.3, 0.4) is 0 Å². The lowest BCUT2D eigenvalue weighted by Crippen LogP contribution is -2.48. The Kier molecular flexibility index (Phi) is 3.28. The number of aryl methyl sites for hydroxylation is 1. The van der Waals surface area contributed by atoms with Crippen molar-refractivity contribution in [3.63, 3.8) is 0 Å². The fourth-order valence-corrected chi connectivity index (χ4v) is 3.27. The highest BCUT2D eigenvalue weighted by Crippen LogP contribution is 2.46. The Labute approximate surface area is 119 Å². The summed E-state index contributed by atoms with van der Waals surface area (Å²) in [5, 5.41) is 30.5. The van der Waals surface area contributed by atoms with Crippen molar-refractivity contribution in [2.75, 3.05) is 0 Å². The number of rotatable bonds is 1. The largest absolute Gasteiger partial charge is 0.390 e. The minimum Gasteiger partial charge on any atom is -0.390 e. The maximum atomic E-state index is 11.9. The highest BCUT2D eigenvalue weighted by molar-refractivity contribution is 5.10. The second-order valence-corrected chi connectivity index (χ2v) is 5.79. The molecule has 1 aliphatic carbocycles. The summed E-state index contributed by atoms with van der Waals surface area (Å²) in [7, 11) is 0. The van der Waals surface area contributed by atoms with Crippen LogP contribution in [0.1, 0.15) is 31.1 Å². The summed E-state index contributed by atoms with van der Waals surface area (Å²) in [6.45, 7) is 1.52. The third kappa shape index (κ3) is 1.98. The molecule has 4 N–H and O–H groups in total. The third-order valence-corrected chi connectivity index (χ3v) is 4.49. The first-order valence-corrected chi connectivity index (χ1v) is 6.91. The number of aliphatic hydroxyl groups excluding tert-OH is 3. The Hall–Kier alpha value is -1.48. The van der Waals surface area contributed by atoms with Gasteiger partial charge in [0, 0.05) is 11.8 Å². The Bertz CT molecular complexity index is 667. The summed E-state index contributed by atoms with van der Waals surface area (Å²) in [6, 6.07) is 0. The number of aliphatic hydroxyl groups is 3. The van der Waals surface area contributed by atoms with Crippen LogP contribution < -0.4 is 11.2 Å². The van der Waals surface area contributed by atoms with E-state index in [-0.39, 0.29) is 5.56 Å². The minimum atomic E-state index is -1.36. The lowest BCUT2D eigenvalue weighted by atomic mass is 9.91. The van der Waals surface area contributed by atoms with E-state index in [1.807, 2.05) is 0 Å². The van der Waals surface area contributed by atoms with Gasteiger partial charge in [0.05, 0.1) is 6.10 Å². The number of hydrogen-bond acceptors (Lipinski definition) is 6. The van der Waals surface area contributed by atoms with Crippen molar-refractivity contribution in [2.24, 2.45) is 0 Å². The van der Waals surface area contributed by atoms with E-state index in [2.05, 4.69) is 4.98 Å². The predicted molar refractivity (Wildman–Crippen MR) is 70.8 cm³/mol. The summed E-state index contributed by atoms with van der Waals surface area (Å²) >= 11 is 0. The molecule has 21 heavy (non-hydrogen) atoms. The Morgan fingerprint density at radius 3 is 2.71 bits per heavy atom. The van der Waals surface area contributed by atoms with E-state index in [1.165, 1.54) is 13.1 Å². The number of ether oxygens (including phenoxy) is 1. The van der Waals surface area contributed by atoms with Crippen molar-refractivity contribution in [2.45, 2.75) is 56.3 Å². The first-order chi connectivity index (χ1) is 9.86. The standard InChI is InChI=1S/C13H18N2O6/c1-6-5-15(12(20)14-10(6)19)11-8(17)9(18)13(21-11)4-2-3-7(13)16/h5,7-9,11,16-18H,2-4H2,1H3,(H,14,19,20)/t7-,8+,9-,11+,13+/m0/s1. The quantitative estimate of drug-likeness (QED) is 0.494. The molecule has 1 aromatic rings. The fraction of sp³-hybridized carbons (Fsp3) is 0.692. The van der Waals surface area contributed by atoms with Crippen LogP contribution in [0.15, 0.2) is 15.8 Å². The summed E-state index contributed by atoms with van der Waals surface area (Å²) < 4.78 is 6.75. The van der Waals surface area contributed by atoms with E-state index < -0.39 is 41.4 Å². The zero-order chi connectivity index (χ0) is 15.4. The molecule has 1 aliphatic heterocycles. The average Bonchev–Trinajstić information content (AvgIpc) is 2.91. The van der Waals surface area contributed by atoms with Gasteiger partial charge in [-0.05, 0) is 26.2 Å². The maximum absolute atomic E-state index is 11.9. The minimum absolute atomic E-state index is 0.285. The molecule has 8 heteroatoms. The fourth-order valence-electron chi connectivity index (χ4n) is 3.27. The van der Waals surface area contributed by atoms with Crippen LogP contribution in [0.2, 0.25) is 0 Å². The van der Waals surface area contributed by atoms with Gasteiger partial charge in [-0.1, -0.05) is 0 Å². The van der Waals surface area contributed by atoms with Gasteiger partial charge in [0.1, 0.15) is 17.8 Å². The van der Waals surface area contributed by atoms with Gasteiger partial charge in [-0.25, -0.2) is 4.79 Å². The topological polar surface area (TPSA) is 125 Å². The zero-order valence-electron chi connectivity index (χ0n) is 11.5. The summed E-state index contributed by atoms with van der Waals surface area (Å²) in [5.41, 5.74) is -2.22. The highest BCUT2D eigenvalue weighted by Gasteiger charge is 2.60. The molecule has 3 rings (SSSR count). The SMILES string of the molecule is Cc1cn([C@@H]2O[C@@]3(CCC[C@@H]3O)[C@@H](O)[C@H]2O)c(=O)[nH]c1=O. The zero-order valence-corrected chi connectivity index (χ0v) is 11.5. The third-order valence-electron chi connectivity index (χ3n) is 4.49. The first-order valence-electron chi connectivity index (χ1n) is 6.91. The number of aromatic amines is 1. The molecule has 2 aliphatic rings. The summed E-state index contributed by atoms with van der Waals surface area (Å²) in [6.07, 6.45) is -1.88. The van der Waals surface area contributed by atoms with Gasteiger partial charge < -0.3 is 20.1 Å². The molecule has 116 valence electrons. The first kappa shape index (κ1) is 14.5. The van der Waals surface area contributed by atoms with Gasteiger partial charge in [0.15, 0.2) is 6.23 Å². The predicted octanol–water partition coefficient (Wildman–Crippen LogP) is -1.62. The number of nitrogens with zero attached hydrogens (tertiary/aromatic N) is 1. The van der Waals surface area contributed by atoms with Crippen molar-refractivity contribution in [3.8, 4) is 0 Å². The molecular weight excluding hydrogens is 280 g/mol. The molecular formula is C13H18N2O6. The molecule has 1 saturated carbocycles. The van der Waals surface area contributed by atoms with Crippen LogP contribution in [-0.4, -0.2) is 48.8 Å². The second-order valence-electron chi connectivity index (χ2n) is 5.79. The van der Waals surface area contributed by atoms with Gasteiger partial charge >= 0.3 is 5.69 Å². The maximum Gasteiger partial charge on any atom is 0.330 e. The molecule has 0 aromatic carbocycles. The van der Waals surface area contributed by atoms with Crippen molar-refractivity contribution in [1.82, 2.24) is 9.55 Å². The van der Waals surface area contributed by atoms with Crippen LogP contribution in [-0.2, 0) is 4.74 Å². The molecule has 0 bridgehead atoms. The highest BCUT2D eigenvalue weighted by atomic mass is 16.6. The lowest BCUT2D eigenvalue weighted by molar-refractivity contribution is -0.149. The van der Waals surface area contributed by atoms with Gasteiger partial charge in [-0.2, -0.15) is 0 Å². The molecule has 1 spiro atoms. The van der Waals surface area contributed by atoms with Crippen LogP contribution in [0.4, 0.5) is 0 Å². The summed E-state index contributed by atoms with van der Waals surface area (Å²) in [4.78, 5) is 25.4. The van der Waals surface area contributed by atoms with Crippen molar-refractivity contribution >= 4 is 0 Å². The Morgan fingerprint density at radius 1 is 1.38 bits per heavy atom. The molecule has 8 nitrogen and oxygen atoms in total. The number of H-pyrrole nitrogens is 1. The van der Waals surface area contributed by atoms with Crippen LogP contribution in [0.5, 0.6) is 0 Å². The molecule has 5 atom stereocenters. The van der Waals surface area contributed by atoms with Gasteiger partial charge in [0.2, 0.25) is 0 Å². The Balaban J connectivity index is 2.03. The molecule has 1 aromatic heterocycles. The number of nitrogens with one attached hydrogen (secondary N) is 1. The molecule has 0 amide bonds. The Morgan fingerprint density at radius 2 is 2.10 bits per heavy atom. The van der Waals surface area contributed by atoms with Crippen LogP contribution in [0.25, 0.3) is 0 Å². The van der Waals surface area contributed by atoms with E-state index in [9.17, 15) is 24.9 Å². The number of hydrogen-bond donors (Lipinski definition) is 4. The van der Waals surface area contributed by atoms with E-state index >= 15 is 0 Å².